The molecule has 0 bridgehead atoms. The maximum atomic E-state index is 11.4. The molecule has 0 aliphatic heterocycles. The summed E-state index contributed by atoms with van der Waals surface area (Å²) in [5.74, 6) is -2.88. The average molecular weight is 2080 g/mol. The number of alkyl halides is 11. The molecule has 6 unspecified atom stereocenters. The summed E-state index contributed by atoms with van der Waals surface area (Å²) in [6, 6.07) is 18.7. The van der Waals surface area contributed by atoms with Crippen LogP contribution in [0.15, 0.2) is 60.7 Å². The number of esters is 11. The van der Waals surface area contributed by atoms with E-state index in [4.69, 9.17) is 70.1 Å². The van der Waals surface area contributed by atoms with Gasteiger partial charge in [-0.3, -0.25) is 52.7 Å². The average Bonchev–Trinajstić information content (AvgIpc) is 0.919. The van der Waals surface area contributed by atoms with Crippen LogP contribution in [0.4, 0.5) is 0 Å². The van der Waals surface area contributed by atoms with Crippen molar-refractivity contribution in [1.29, 1.82) is 0 Å². The van der Waals surface area contributed by atoms with Crippen molar-refractivity contribution in [2.45, 2.75) is 233 Å². The van der Waals surface area contributed by atoms with Crippen molar-refractivity contribution in [2.24, 2.45) is 0 Å². The van der Waals surface area contributed by atoms with Crippen molar-refractivity contribution in [3.05, 3.63) is 71.8 Å². The first-order chi connectivity index (χ1) is 48.5. The third-order valence-electron chi connectivity index (χ3n) is 10.2. The molecule has 0 fully saturated rings. The van der Waals surface area contributed by atoms with E-state index in [0.29, 0.717) is 71.4 Å². The van der Waals surface area contributed by atoms with Gasteiger partial charge in [0.25, 0.3) is 0 Å². The molecule has 0 spiro atoms. The van der Waals surface area contributed by atoms with Gasteiger partial charge in [-0.15, -0.1) is 46.4 Å². The zero-order valence-corrected chi connectivity index (χ0v) is 79.9. The van der Waals surface area contributed by atoms with E-state index in [1.54, 1.807) is 118 Å². The van der Waals surface area contributed by atoms with Crippen molar-refractivity contribution in [2.75, 3.05) is 77.3 Å². The molecular formula is C72H117Br6Cl4IO22. The summed E-state index contributed by atoms with van der Waals surface area (Å²) < 4.78 is 51.0. The number of carbonyl (C=O) groups is 11. The predicted molar refractivity (Wildman–Crippen MR) is 450 cm³/mol. The molecule has 105 heavy (non-hydrogen) atoms. The number of ether oxygens (including phenoxy) is 11. The number of carbonyl (C=O) groups excluding carboxylic acids is 11. The Morgan fingerprint density at radius 2 is 0.762 bits per heavy atom. The van der Waals surface area contributed by atoms with Gasteiger partial charge >= 0.3 is 65.7 Å². The summed E-state index contributed by atoms with van der Waals surface area (Å²) in [5.41, 5.74) is 1.36. The van der Waals surface area contributed by atoms with Crippen LogP contribution in [0.3, 0.4) is 0 Å². The number of hydrogen-bond donors (Lipinski definition) is 0. The van der Waals surface area contributed by atoms with Gasteiger partial charge in [0.2, 0.25) is 0 Å². The maximum absolute atomic E-state index is 11.4. The highest BCUT2D eigenvalue weighted by molar-refractivity contribution is 14.1. The quantitative estimate of drug-likeness (QED) is 0.0331. The van der Waals surface area contributed by atoms with E-state index in [2.05, 4.69) is 124 Å². The first kappa shape index (κ1) is 121. The minimum absolute atomic E-state index is 0.0208. The largest absolute Gasteiger partial charge is 0.465 e. The van der Waals surface area contributed by atoms with Gasteiger partial charge in [-0.1, -0.05) is 207 Å². The molecule has 2 rings (SSSR count). The third-order valence-corrected chi connectivity index (χ3v) is 14.4. The Morgan fingerprint density at radius 1 is 0.429 bits per heavy atom. The number of hydrogen-bond acceptors (Lipinski definition) is 22. The van der Waals surface area contributed by atoms with Crippen LogP contribution in [0.2, 0.25) is 0 Å². The fraction of sp³-hybridized carbons (Fsp3) is 0.681. The standard InChI is InChI=1S/C11H13BrO2.C11H13ClO2.C8H15BrO2.C7H13BrO2.C6H11BrO2.C6H11ClO2.C5H9BrO2.C5H9ClO2.C5H9IO2.C4H7BrO2.C4H7ClO2/c2*1-2-8-14-11(13)10(12)9-6-4-3-5-7-9;1-5-8(3,4)11-7(10)6(2)9;1-4-5-10-6(9)7(2,3)8;2*1-4-9-5(8)6(2,3)7;3*1-3-8-5(7)4(2)6;2*1-2-7-4(6)3-5/h2*3-7,10H,2,8H2,1H3;6H,5H2,1-4H3;4-5H2,1-3H3;2*4H2,1-3H3;3*4H,3H2,1-2H3;2*2-3H2,1H3. The Balaban J connectivity index is -0.000000139. The first-order valence-corrected chi connectivity index (χ1v) is 42.0. The van der Waals surface area contributed by atoms with Crippen molar-refractivity contribution < 1.29 is 105 Å². The second-order valence-corrected chi connectivity index (χ2v) is 34.4. The van der Waals surface area contributed by atoms with Crippen molar-refractivity contribution in [3.63, 3.8) is 0 Å². The number of halogens is 11. The molecule has 2 aromatic rings. The minimum Gasteiger partial charge on any atom is -0.465 e. The Morgan fingerprint density at radius 3 is 1.01 bits per heavy atom. The van der Waals surface area contributed by atoms with E-state index in [1.165, 1.54) is 0 Å². The van der Waals surface area contributed by atoms with Crippen LogP contribution in [0.5, 0.6) is 0 Å². The molecule has 0 radical (unpaired) electrons. The van der Waals surface area contributed by atoms with Gasteiger partial charge in [-0.25, -0.2) is 0 Å². The molecular weight excluding hydrogens is 1960 g/mol. The lowest BCUT2D eigenvalue weighted by atomic mass is 10.1. The zero-order chi connectivity index (χ0) is 84.1. The van der Waals surface area contributed by atoms with E-state index in [-0.39, 0.29) is 95.5 Å². The van der Waals surface area contributed by atoms with Crippen molar-refractivity contribution in [3.8, 4) is 0 Å². The molecule has 0 aliphatic rings. The normalized spacial score (nSPS) is 11.8. The van der Waals surface area contributed by atoms with Gasteiger partial charge in [0.1, 0.15) is 54.1 Å². The van der Waals surface area contributed by atoms with Crippen molar-refractivity contribution in [1.82, 2.24) is 0 Å². The topological polar surface area (TPSA) is 289 Å². The van der Waals surface area contributed by atoms with Gasteiger partial charge in [-0.05, 0) is 168 Å². The first-order valence-electron chi connectivity index (χ1n) is 33.5. The maximum Gasteiger partial charge on any atom is 0.328 e. The van der Waals surface area contributed by atoms with Crippen molar-refractivity contribution >= 4 is 230 Å². The van der Waals surface area contributed by atoms with Crippen LogP contribution in [0.25, 0.3) is 0 Å². The van der Waals surface area contributed by atoms with Gasteiger partial charge in [-0.2, -0.15) is 0 Å². The highest BCUT2D eigenvalue weighted by Crippen LogP contribution is 2.25. The van der Waals surface area contributed by atoms with Gasteiger partial charge < -0.3 is 52.1 Å². The van der Waals surface area contributed by atoms with E-state index in [1.807, 2.05) is 125 Å². The van der Waals surface area contributed by atoms with Crippen LogP contribution in [0, 0.1) is 0 Å². The lowest BCUT2D eigenvalue weighted by molar-refractivity contribution is -0.155. The Labute approximate surface area is 710 Å². The Bertz CT molecular complexity index is 2400. The molecule has 22 nitrogen and oxygen atoms in total. The van der Waals surface area contributed by atoms with Crippen LogP contribution in [0.1, 0.15) is 206 Å². The summed E-state index contributed by atoms with van der Waals surface area (Å²) in [6.07, 6.45) is 3.36. The molecule has 0 heterocycles. The summed E-state index contributed by atoms with van der Waals surface area (Å²) in [5, 5.41) is -0.918. The third kappa shape index (κ3) is 85.2. The summed E-state index contributed by atoms with van der Waals surface area (Å²) in [6.45, 7) is 45.6. The molecule has 0 saturated carbocycles. The number of rotatable bonds is 28. The summed E-state index contributed by atoms with van der Waals surface area (Å²) >= 11 is 42.7. The molecule has 0 aromatic heterocycles. The summed E-state index contributed by atoms with van der Waals surface area (Å²) in [7, 11) is 0. The molecule has 2 aromatic carbocycles. The smallest absolute Gasteiger partial charge is 0.328 e. The van der Waals surface area contributed by atoms with Crippen LogP contribution < -0.4 is 0 Å². The lowest BCUT2D eigenvalue weighted by Gasteiger charge is -2.23. The van der Waals surface area contributed by atoms with E-state index >= 15 is 0 Å². The SMILES string of the molecule is CCC(C)(C)OC(=O)C(C)Br.CCCOC(=O)C(Br)c1ccccc1.CCCOC(=O)C(C)(C)Br.CCCOC(=O)C(Cl)c1ccccc1.CCOC(=O)C(C)(C)Br.CCOC(=O)C(C)(C)Cl.CCOC(=O)C(C)Br.CCOC(=O)C(C)Cl.CCOC(=O)C(C)I.CCOC(=O)CBr.CCOC(=O)CCl. The van der Waals surface area contributed by atoms with E-state index in [0.717, 1.165) is 36.8 Å². The van der Waals surface area contributed by atoms with Crippen LogP contribution in [-0.4, -0.2) is 181 Å². The summed E-state index contributed by atoms with van der Waals surface area (Å²) in [4.78, 5) is 116. The van der Waals surface area contributed by atoms with Gasteiger partial charge in [0.15, 0.2) is 5.38 Å². The second-order valence-electron chi connectivity index (χ2n) is 22.0. The number of benzene rings is 2. The Kier molecular flexibility index (Phi) is 88.2. The minimum atomic E-state index is -0.879. The van der Waals surface area contributed by atoms with E-state index in [9.17, 15) is 52.7 Å². The molecule has 0 N–H and O–H groups in total. The zero-order valence-electron chi connectivity index (χ0n) is 65.2. The van der Waals surface area contributed by atoms with E-state index < -0.39 is 24.3 Å². The highest BCUT2D eigenvalue weighted by atomic mass is 127. The van der Waals surface area contributed by atoms with Gasteiger partial charge in [0, 0.05) is 0 Å². The Hall–Kier alpha value is -2.62. The second kappa shape index (κ2) is 76.7. The fourth-order valence-electron chi connectivity index (χ4n) is 4.64. The van der Waals surface area contributed by atoms with Crippen LogP contribution in [-0.2, 0) is 105 Å². The molecule has 0 amide bonds. The molecule has 0 aliphatic carbocycles. The fourth-order valence-corrected chi connectivity index (χ4v) is 6.27. The van der Waals surface area contributed by atoms with Crippen LogP contribution >= 0.6 is 165 Å². The molecule has 0 saturated heterocycles. The highest BCUT2D eigenvalue weighted by Gasteiger charge is 2.27. The monoisotopic (exact) mass is 2070 g/mol. The predicted octanol–water partition coefficient (Wildman–Crippen LogP) is 19.5. The molecule has 33 heteroatoms. The molecule has 614 valence electrons. The molecule has 6 atom stereocenters. The van der Waals surface area contributed by atoms with Gasteiger partial charge in [0.05, 0.1) is 66.1 Å². The lowest BCUT2D eigenvalue weighted by Crippen LogP contribution is -2.30.